The molecule has 8 nitrogen and oxygen atoms in total. The van der Waals surface area contributed by atoms with E-state index in [2.05, 4.69) is 0 Å². The summed E-state index contributed by atoms with van der Waals surface area (Å²) in [7, 11) is -2.86. The van der Waals surface area contributed by atoms with Gasteiger partial charge in [-0.15, -0.1) is 0 Å². The maximum Gasteiger partial charge on any atom is 0.337 e. The number of aliphatic hydroxyl groups is 1. The Labute approximate surface area is 175 Å². The summed E-state index contributed by atoms with van der Waals surface area (Å²) in [6.45, 7) is 1.49. The van der Waals surface area contributed by atoms with Crippen LogP contribution in [0.15, 0.2) is 59.5 Å². The van der Waals surface area contributed by atoms with Crippen molar-refractivity contribution in [3.63, 3.8) is 0 Å². The van der Waals surface area contributed by atoms with Crippen LogP contribution in [0.25, 0.3) is 0 Å². The Bertz CT molecular complexity index is 943. The first-order valence-electron chi connectivity index (χ1n) is 9.35. The number of methoxy groups -OCH3 is 1. The van der Waals surface area contributed by atoms with Crippen molar-refractivity contribution in [2.24, 2.45) is 0 Å². The summed E-state index contributed by atoms with van der Waals surface area (Å²) in [5.41, 5.74) is 1.75. The number of ether oxygens (including phenoxy) is 3. The highest BCUT2D eigenvalue weighted by Gasteiger charge is 2.49. The molecule has 0 amide bonds. The molecule has 4 atom stereocenters. The van der Waals surface area contributed by atoms with Gasteiger partial charge in [-0.2, -0.15) is 8.42 Å². The highest BCUT2D eigenvalue weighted by atomic mass is 32.2. The van der Waals surface area contributed by atoms with Crippen molar-refractivity contribution in [2.75, 3.05) is 13.7 Å². The van der Waals surface area contributed by atoms with Gasteiger partial charge in [-0.1, -0.05) is 48.0 Å². The Morgan fingerprint density at radius 1 is 1.10 bits per heavy atom. The van der Waals surface area contributed by atoms with Gasteiger partial charge in [0, 0.05) is 0 Å². The number of carbonyl (C=O) groups excluding carboxylic acids is 1. The molecule has 0 radical (unpaired) electrons. The maximum absolute atomic E-state index is 12.4. The zero-order chi connectivity index (χ0) is 21.7. The van der Waals surface area contributed by atoms with Crippen molar-refractivity contribution in [2.45, 2.75) is 42.8 Å². The van der Waals surface area contributed by atoms with Crippen molar-refractivity contribution >= 4 is 16.1 Å². The fraction of sp³-hybridized carbons (Fsp3) is 0.381. The molecule has 1 saturated heterocycles. The Hall–Kier alpha value is -2.30. The fourth-order valence-electron chi connectivity index (χ4n) is 3.06. The molecule has 1 aliphatic heterocycles. The van der Waals surface area contributed by atoms with E-state index >= 15 is 0 Å². The Kier molecular flexibility index (Phi) is 7.22. The van der Waals surface area contributed by atoms with Gasteiger partial charge in [-0.3, -0.25) is 4.18 Å². The van der Waals surface area contributed by atoms with Crippen LogP contribution in [-0.2, 0) is 39.9 Å². The molecule has 1 aliphatic rings. The van der Waals surface area contributed by atoms with Gasteiger partial charge < -0.3 is 19.3 Å². The molecule has 0 spiro atoms. The van der Waals surface area contributed by atoms with Gasteiger partial charge in [-0.25, -0.2) is 4.79 Å². The van der Waals surface area contributed by atoms with E-state index in [0.717, 1.165) is 11.1 Å². The normalized spacial score (nSPS) is 24.0. The molecule has 3 rings (SSSR count). The number of hydrogen-bond donors (Lipinski definition) is 1. The van der Waals surface area contributed by atoms with Gasteiger partial charge in [0.1, 0.15) is 18.3 Å². The van der Waals surface area contributed by atoms with Crippen molar-refractivity contribution in [3.8, 4) is 0 Å². The van der Waals surface area contributed by atoms with Gasteiger partial charge >= 0.3 is 5.97 Å². The van der Waals surface area contributed by atoms with Crippen LogP contribution in [0.3, 0.4) is 0 Å². The molecule has 0 unspecified atom stereocenters. The number of aryl methyl sites for hydroxylation is 1. The van der Waals surface area contributed by atoms with Crippen molar-refractivity contribution in [3.05, 3.63) is 65.7 Å². The van der Waals surface area contributed by atoms with E-state index in [9.17, 15) is 18.3 Å². The van der Waals surface area contributed by atoms with Crippen LogP contribution in [0.2, 0.25) is 0 Å². The van der Waals surface area contributed by atoms with E-state index < -0.39 is 47.1 Å². The maximum atomic E-state index is 12.4. The molecule has 9 heteroatoms. The molecular weight excluding hydrogens is 412 g/mol. The van der Waals surface area contributed by atoms with E-state index in [-0.39, 0.29) is 11.5 Å². The molecule has 0 aromatic heterocycles. The second kappa shape index (κ2) is 9.67. The Morgan fingerprint density at radius 2 is 1.77 bits per heavy atom. The molecule has 30 heavy (non-hydrogen) atoms. The van der Waals surface area contributed by atoms with Crippen molar-refractivity contribution in [1.82, 2.24) is 0 Å². The fourth-order valence-corrected chi connectivity index (χ4v) is 3.98. The van der Waals surface area contributed by atoms with Crippen LogP contribution in [0.4, 0.5) is 0 Å². The summed E-state index contributed by atoms with van der Waals surface area (Å²) in [4.78, 5) is 12.1. The van der Waals surface area contributed by atoms with Crippen LogP contribution in [0.5, 0.6) is 0 Å². The summed E-state index contributed by atoms with van der Waals surface area (Å²) >= 11 is 0. The first kappa shape index (κ1) is 22.4. The van der Waals surface area contributed by atoms with Crippen molar-refractivity contribution < 1.29 is 36.7 Å². The van der Waals surface area contributed by atoms with E-state index in [0.29, 0.717) is 0 Å². The standard InChI is InChI=1S/C21H24O8S/c1-14-8-10-16(11-9-14)30(24,25)28-13-17-18(22)19(20(29-17)21(23)26-2)27-12-15-6-4-3-5-7-15/h3-11,17-20,22H,12-13H2,1-2H3/t17-,18-,19+,20-/m1/s1. The van der Waals surface area contributed by atoms with Gasteiger partial charge in [0.15, 0.2) is 6.10 Å². The van der Waals surface area contributed by atoms with Crippen LogP contribution in [-0.4, -0.2) is 57.6 Å². The number of hydrogen-bond acceptors (Lipinski definition) is 8. The Morgan fingerprint density at radius 3 is 2.40 bits per heavy atom. The number of aliphatic hydroxyl groups excluding tert-OH is 1. The Balaban J connectivity index is 1.67. The SMILES string of the molecule is COC(=O)[C@@H]1O[C@H](COS(=O)(=O)c2ccc(C)cc2)[C@@H](O)[C@@H]1OCc1ccccc1. The minimum absolute atomic E-state index is 0.0121. The third-order valence-corrected chi connectivity index (χ3v) is 6.05. The number of rotatable bonds is 8. The summed E-state index contributed by atoms with van der Waals surface area (Å²) in [5.74, 6) is -0.726. The molecule has 1 N–H and O–H groups in total. The lowest BCUT2D eigenvalue weighted by molar-refractivity contribution is -0.160. The molecular formula is C21H24O8S. The minimum Gasteiger partial charge on any atom is -0.467 e. The summed E-state index contributed by atoms with van der Waals surface area (Å²) in [6.07, 6.45) is -4.61. The lowest BCUT2D eigenvalue weighted by atomic mass is 10.1. The average Bonchev–Trinajstić information content (AvgIpc) is 3.07. The molecule has 1 fully saturated rings. The first-order chi connectivity index (χ1) is 14.3. The van der Waals surface area contributed by atoms with Gasteiger partial charge in [0.05, 0.1) is 25.2 Å². The van der Waals surface area contributed by atoms with Gasteiger partial charge in [-0.05, 0) is 24.6 Å². The predicted octanol–water partition coefficient (Wildman–Crippen LogP) is 1.59. The third-order valence-electron chi connectivity index (χ3n) is 4.75. The van der Waals surface area contributed by atoms with E-state index in [1.807, 2.05) is 37.3 Å². The lowest BCUT2D eigenvalue weighted by Gasteiger charge is -2.19. The minimum atomic E-state index is -4.05. The smallest absolute Gasteiger partial charge is 0.337 e. The summed E-state index contributed by atoms with van der Waals surface area (Å²) < 4.78 is 45.8. The zero-order valence-corrected chi connectivity index (χ0v) is 17.4. The van der Waals surface area contributed by atoms with Gasteiger partial charge in [0.25, 0.3) is 10.1 Å². The third kappa shape index (κ3) is 5.24. The van der Waals surface area contributed by atoms with E-state index in [1.54, 1.807) is 12.1 Å². The van der Waals surface area contributed by atoms with Crippen LogP contribution in [0, 0.1) is 6.92 Å². The average molecular weight is 436 g/mol. The number of benzene rings is 2. The van der Waals surface area contributed by atoms with Crippen LogP contribution in [0.1, 0.15) is 11.1 Å². The second-order valence-electron chi connectivity index (χ2n) is 6.92. The summed E-state index contributed by atoms with van der Waals surface area (Å²) in [5, 5.41) is 10.6. The molecule has 0 saturated carbocycles. The lowest BCUT2D eigenvalue weighted by Crippen LogP contribution is -2.40. The molecule has 0 aliphatic carbocycles. The highest BCUT2D eigenvalue weighted by Crippen LogP contribution is 2.27. The number of esters is 1. The zero-order valence-electron chi connectivity index (χ0n) is 16.6. The van der Waals surface area contributed by atoms with E-state index in [1.165, 1.54) is 19.2 Å². The topological polar surface area (TPSA) is 108 Å². The molecule has 2 aromatic rings. The highest BCUT2D eigenvalue weighted by molar-refractivity contribution is 7.86. The predicted molar refractivity (Wildman–Crippen MR) is 106 cm³/mol. The molecule has 1 heterocycles. The summed E-state index contributed by atoms with van der Waals surface area (Å²) in [6, 6.07) is 15.4. The molecule has 2 aromatic carbocycles. The second-order valence-corrected chi connectivity index (χ2v) is 8.54. The van der Waals surface area contributed by atoms with E-state index in [4.69, 9.17) is 18.4 Å². The number of carbonyl (C=O) groups is 1. The quantitative estimate of drug-likeness (QED) is 0.491. The molecule has 0 bridgehead atoms. The molecule has 162 valence electrons. The van der Waals surface area contributed by atoms with Gasteiger partial charge in [0.2, 0.25) is 0 Å². The van der Waals surface area contributed by atoms with Crippen LogP contribution < -0.4 is 0 Å². The van der Waals surface area contributed by atoms with Crippen molar-refractivity contribution in [1.29, 1.82) is 0 Å². The van der Waals surface area contributed by atoms with Crippen LogP contribution >= 0.6 is 0 Å². The largest absolute Gasteiger partial charge is 0.467 e. The first-order valence-corrected chi connectivity index (χ1v) is 10.8. The monoisotopic (exact) mass is 436 g/mol.